The SMILES string of the molecule is CCc1cccc(NC(=S)C(=C([O-])c2ccc(F)cc2)[n+]2ccccc2)c1. The van der Waals surface area contributed by atoms with Gasteiger partial charge >= 0.3 is 0 Å². The lowest BCUT2D eigenvalue weighted by atomic mass is 10.1. The van der Waals surface area contributed by atoms with E-state index in [1.807, 2.05) is 42.5 Å². The number of aromatic nitrogens is 1. The predicted octanol–water partition coefficient (Wildman–Crippen LogP) is 3.80. The van der Waals surface area contributed by atoms with Crippen molar-refractivity contribution in [3.63, 3.8) is 0 Å². The van der Waals surface area contributed by atoms with E-state index in [1.165, 1.54) is 29.8 Å². The summed E-state index contributed by atoms with van der Waals surface area (Å²) in [7, 11) is 0. The normalized spacial score (nSPS) is 11.6. The van der Waals surface area contributed by atoms with Crippen LogP contribution >= 0.6 is 12.2 Å². The number of pyridine rings is 1. The molecule has 1 heterocycles. The van der Waals surface area contributed by atoms with Crippen molar-refractivity contribution in [2.24, 2.45) is 0 Å². The summed E-state index contributed by atoms with van der Waals surface area (Å²) in [5.41, 5.74) is 2.66. The molecule has 3 nitrogen and oxygen atoms in total. The molecule has 0 bridgehead atoms. The maximum absolute atomic E-state index is 13.2. The van der Waals surface area contributed by atoms with Crippen LogP contribution in [0.15, 0.2) is 79.1 Å². The minimum Gasteiger partial charge on any atom is -0.867 e. The summed E-state index contributed by atoms with van der Waals surface area (Å²) in [5.74, 6) is -0.673. The second-order valence-electron chi connectivity index (χ2n) is 5.98. The third-order valence-corrected chi connectivity index (χ3v) is 4.40. The number of nitrogens with one attached hydrogen (secondary N) is 1. The molecule has 2 aromatic carbocycles. The summed E-state index contributed by atoms with van der Waals surface area (Å²) in [6, 6.07) is 18.8. The summed E-state index contributed by atoms with van der Waals surface area (Å²) < 4.78 is 14.9. The first-order valence-corrected chi connectivity index (χ1v) is 9.03. The van der Waals surface area contributed by atoms with E-state index in [9.17, 15) is 9.50 Å². The fourth-order valence-corrected chi connectivity index (χ4v) is 3.00. The van der Waals surface area contributed by atoms with Crippen molar-refractivity contribution in [3.05, 3.63) is 96.1 Å². The molecule has 1 N–H and O–H groups in total. The Morgan fingerprint density at radius 3 is 2.41 bits per heavy atom. The Kier molecular flexibility index (Phi) is 5.94. The number of aryl methyl sites for hydroxylation is 1. The Hall–Kier alpha value is -3.05. The van der Waals surface area contributed by atoms with E-state index >= 15 is 0 Å². The number of rotatable bonds is 5. The second-order valence-corrected chi connectivity index (χ2v) is 6.38. The van der Waals surface area contributed by atoms with Gasteiger partial charge in [-0.25, -0.2) is 4.39 Å². The molecule has 1 aromatic heterocycles. The highest BCUT2D eigenvalue weighted by molar-refractivity contribution is 7.81. The Morgan fingerprint density at radius 2 is 1.74 bits per heavy atom. The van der Waals surface area contributed by atoms with Crippen LogP contribution in [-0.4, -0.2) is 4.99 Å². The fourth-order valence-electron chi connectivity index (χ4n) is 2.68. The maximum atomic E-state index is 13.2. The summed E-state index contributed by atoms with van der Waals surface area (Å²) in [4.78, 5) is 0.300. The molecule has 0 saturated carbocycles. The van der Waals surface area contributed by atoms with E-state index in [0.29, 0.717) is 16.2 Å². The minimum atomic E-state index is -0.391. The molecule has 3 aromatic rings. The smallest absolute Gasteiger partial charge is 0.238 e. The number of halogens is 1. The summed E-state index contributed by atoms with van der Waals surface area (Å²) in [5, 5.41) is 16.3. The molecule has 136 valence electrons. The van der Waals surface area contributed by atoms with Crippen LogP contribution in [0, 0.1) is 5.82 Å². The zero-order valence-electron chi connectivity index (χ0n) is 14.9. The molecule has 0 unspecified atom stereocenters. The lowest BCUT2D eigenvalue weighted by Crippen LogP contribution is -2.39. The van der Waals surface area contributed by atoms with Crippen LogP contribution < -0.4 is 15.0 Å². The van der Waals surface area contributed by atoms with Crippen molar-refractivity contribution in [2.45, 2.75) is 13.3 Å². The first-order valence-electron chi connectivity index (χ1n) is 8.62. The summed E-state index contributed by atoms with van der Waals surface area (Å²) in [6.07, 6.45) is 4.42. The largest absolute Gasteiger partial charge is 0.867 e. The lowest BCUT2D eigenvalue weighted by Gasteiger charge is -2.17. The van der Waals surface area contributed by atoms with Gasteiger partial charge in [0.05, 0.1) is 0 Å². The Balaban J connectivity index is 2.03. The molecule has 0 saturated heterocycles. The van der Waals surface area contributed by atoms with Crippen molar-refractivity contribution >= 4 is 34.3 Å². The van der Waals surface area contributed by atoms with Gasteiger partial charge in [-0.15, -0.1) is 0 Å². The zero-order chi connectivity index (χ0) is 19.2. The van der Waals surface area contributed by atoms with Crippen LogP contribution in [0.2, 0.25) is 0 Å². The molecule has 0 aliphatic carbocycles. The minimum absolute atomic E-state index is 0.282. The van der Waals surface area contributed by atoms with Crippen molar-refractivity contribution in [3.8, 4) is 0 Å². The van der Waals surface area contributed by atoms with E-state index in [-0.39, 0.29) is 5.76 Å². The van der Waals surface area contributed by atoms with Crippen LogP contribution in [0.5, 0.6) is 0 Å². The first-order chi connectivity index (χ1) is 13.1. The second kappa shape index (κ2) is 8.56. The molecular weight excluding hydrogens is 359 g/mol. The number of hydrogen-bond donors (Lipinski definition) is 1. The van der Waals surface area contributed by atoms with Crippen LogP contribution in [0.1, 0.15) is 18.1 Å². The topological polar surface area (TPSA) is 39.0 Å². The van der Waals surface area contributed by atoms with Crippen molar-refractivity contribution < 1.29 is 14.1 Å². The Morgan fingerprint density at radius 1 is 1.04 bits per heavy atom. The third-order valence-electron chi connectivity index (χ3n) is 4.10. The fraction of sp³-hybridized carbons (Fsp3) is 0.0909. The molecule has 27 heavy (non-hydrogen) atoms. The highest BCUT2D eigenvalue weighted by Gasteiger charge is 2.18. The van der Waals surface area contributed by atoms with E-state index in [1.54, 1.807) is 17.0 Å². The molecular formula is C22H19FN2OS. The molecule has 0 spiro atoms. The standard InChI is InChI=1S/C22H19FN2OS/c1-2-16-7-6-8-19(15-16)24-22(27)20(25-13-4-3-5-14-25)21(26)17-9-11-18(23)12-10-17/h3-15H,2H2,1H3,(H-,24,26,27). The van der Waals surface area contributed by atoms with E-state index in [0.717, 1.165) is 12.1 Å². The van der Waals surface area contributed by atoms with E-state index < -0.39 is 5.82 Å². The maximum Gasteiger partial charge on any atom is 0.238 e. The van der Waals surface area contributed by atoms with Crippen molar-refractivity contribution in [1.82, 2.24) is 0 Å². The van der Waals surface area contributed by atoms with Gasteiger partial charge in [0.15, 0.2) is 17.4 Å². The average Bonchev–Trinajstić information content (AvgIpc) is 2.69. The zero-order valence-corrected chi connectivity index (χ0v) is 15.7. The van der Waals surface area contributed by atoms with Crippen LogP contribution in [0.3, 0.4) is 0 Å². The number of hydrogen-bond acceptors (Lipinski definition) is 2. The molecule has 0 fully saturated rings. The van der Waals surface area contributed by atoms with Gasteiger partial charge in [-0.2, -0.15) is 4.57 Å². The van der Waals surface area contributed by atoms with Gasteiger partial charge in [0.1, 0.15) is 5.82 Å². The number of nitrogens with zero attached hydrogens (tertiary/aromatic N) is 1. The molecule has 0 aliphatic heterocycles. The third kappa shape index (κ3) is 4.57. The number of thiocarbonyl (C=S) groups is 1. The van der Waals surface area contributed by atoms with Crippen molar-refractivity contribution in [1.29, 1.82) is 0 Å². The first kappa shape index (κ1) is 18.7. The molecule has 5 heteroatoms. The van der Waals surface area contributed by atoms with Gasteiger partial charge in [-0.3, -0.25) is 0 Å². The van der Waals surface area contributed by atoms with E-state index in [2.05, 4.69) is 12.2 Å². The van der Waals surface area contributed by atoms with Crippen LogP contribution in [0.25, 0.3) is 11.5 Å². The van der Waals surface area contributed by atoms with Gasteiger partial charge < -0.3 is 10.4 Å². The van der Waals surface area contributed by atoms with Gasteiger partial charge in [-0.05, 0) is 47.6 Å². The monoisotopic (exact) mass is 378 g/mol. The highest BCUT2D eigenvalue weighted by Crippen LogP contribution is 2.18. The van der Waals surface area contributed by atoms with Crippen LogP contribution in [-0.2, 0) is 6.42 Å². The van der Waals surface area contributed by atoms with Crippen molar-refractivity contribution in [2.75, 3.05) is 5.32 Å². The highest BCUT2D eigenvalue weighted by atomic mass is 32.1. The number of anilines is 1. The van der Waals surface area contributed by atoms with Gasteiger partial charge in [0.2, 0.25) is 5.70 Å². The number of benzene rings is 2. The van der Waals surface area contributed by atoms with Gasteiger partial charge in [0.25, 0.3) is 0 Å². The Labute approximate surface area is 163 Å². The van der Waals surface area contributed by atoms with Gasteiger partial charge in [0, 0.05) is 17.8 Å². The molecule has 3 rings (SSSR count). The Bertz CT molecular complexity index is 969. The van der Waals surface area contributed by atoms with Crippen LogP contribution in [0.4, 0.5) is 10.1 Å². The molecule has 0 amide bonds. The molecule has 0 radical (unpaired) electrons. The van der Waals surface area contributed by atoms with E-state index in [4.69, 9.17) is 12.2 Å². The molecule has 0 aliphatic rings. The summed E-state index contributed by atoms with van der Waals surface area (Å²) in [6.45, 7) is 2.08. The average molecular weight is 378 g/mol. The molecule has 0 atom stereocenters. The lowest BCUT2D eigenvalue weighted by molar-refractivity contribution is -0.577. The quantitative estimate of drug-likeness (QED) is 0.318. The predicted molar refractivity (Wildman–Crippen MR) is 108 cm³/mol. The van der Waals surface area contributed by atoms with Gasteiger partial charge in [-0.1, -0.05) is 49.5 Å². The summed E-state index contributed by atoms with van der Waals surface area (Å²) >= 11 is 5.56.